The van der Waals surface area contributed by atoms with Gasteiger partial charge in [-0.15, -0.1) is 0 Å². The van der Waals surface area contributed by atoms with Crippen LogP contribution in [0.1, 0.15) is 51.0 Å². The van der Waals surface area contributed by atoms with E-state index in [2.05, 4.69) is 22.3 Å². The molecule has 0 bridgehead atoms. The van der Waals surface area contributed by atoms with Crippen molar-refractivity contribution < 1.29 is 13.2 Å². The highest BCUT2D eigenvalue weighted by atomic mass is 32.2. The van der Waals surface area contributed by atoms with Gasteiger partial charge in [0.1, 0.15) is 5.82 Å². The van der Waals surface area contributed by atoms with E-state index in [0.717, 1.165) is 23.4 Å². The quantitative estimate of drug-likeness (QED) is 0.597. The van der Waals surface area contributed by atoms with Crippen molar-refractivity contribution in [3.63, 3.8) is 0 Å². The Morgan fingerprint density at radius 3 is 2.52 bits per heavy atom. The molecule has 0 radical (unpaired) electrons. The molecule has 1 saturated carbocycles. The molecule has 0 aromatic heterocycles. The van der Waals surface area contributed by atoms with Crippen LogP contribution in [0, 0.1) is 5.92 Å². The Hall–Kier alpha value is -1.51. The molecule has 0 saturated heterocycles. The number of hydrogen-bond acceptors (Lipinski definition) is 5. The van der Waals surface area contributed by atoms with Crippen LogP contribution in [0.3, 0.4) is 0 Å². The number of thioether (sulfide) groups is 1. The molecule has 1 N–H and O–H groups in total. The van der Waals surface area contributed by atoms with Crippen LogP contribution < -0.4 is 5.32 Å². The van der Waals surface area contributed by atoms with Crippen LogP contribution in [0.15, 0.2) is 41.1 Å². The van der Waals surface area contributed by atoms with Gasteiger partial charge in [0.15, 0.2) is 5.50 Å². The lowest BCUT2D eigenvalue weighted by Crippen LogP contribution is -2.48. The zero-order chi connectivity index (χ0) is 20.9. The second kappa shape index (κ2) is 10.00. The van der Waals surface area contributed by atoms with Crippen molar-refractivity contribution in [1.82, 2.24) is 14.5 Å². The molecule has 1 heterocycles. The van der Waals surface area contributed by atoms with E-state index in [0.29, 0.717) is 24.7 Å². The molecule has 1 unspecified atom stereocenters. The van der Waals surface area contributed by atoms with Crippen LogP contribution in [0.25, 0.3) is 0 Å². The number of carbonyl (C=O) groups is 1. The Morgan fingerprint density at radius 1 is 1.21 bits per heavy atom. The predicted molar refractivity (Wildman–Crippen MR) is 118 cm³/mol. The molecule has 1 aromatic carbocycles. The van der Waals surface area contributed by atoms with Crippen molar-refractivity contribution >= 4 is 28.2 Å². The third-order valence-electron chi connectivity index (χ3n) is 5.68. The first kappa shape index (κ1) is 22.2. The van der Waals surface area contributed by atoms with Crippen LogP contribution in [-0.4, -0.2) is 42.3 Å². The van der Waals surface area contributed by atoms with Gasteiger partial charge >= 0.3 is 0 Å². The molecule has 3 rings (SSSR count). The van der Waals surface area contributed by atoms with Gasteiger partial charge in [-0.1, -0.05) is 74.2 Å². The molecule has 8 heteroatoms. The number of sulfonamides is 1. The van der Waals surface area contributed by atoms with Crippen molar-refractivity contribution in [3.8, 4) is 0 Å². The van der Waals surface area contributed by atoms with Gasteiger partial charge in [-0.25, -0.2) is 12.7 Å². The first-order chi connectivity index (χ1) is 13.9. The third-order valence-corrected chi connectivity index (χ3v) is 8.18. The largest absolute Gasteiger partial charge is 0.313 e. The van der Waals surface area contributed by atoms with Gasteiger partial charge in [0.05, 0.1) is 6.26 Å². The Morgan fingerprint density at radius 2 is 1.90 bits per heavy atom. The molecule has 1 aliphatic heterocycles. The van der Waals surface area contributed by atoms with Crippen LogP contribution >= 0.6 is 11.8 Å². The van der Waals surface area contributed by atoms with E-state index in [9.17, 15) is 13.2 Å². The van der Waals surface area contributed by atoms with E-state index in [-0.39, 0.29) is 0 Å². The van der Waals surface area contributed by atoms with E-state index >= 15 is 0 Å². The van der Waals surface area contributed by atoms with Crippen LogP contribution in [-0.2, 0) is 21.4 Å². The van der Waals surface area contributed by atoms with Gasteiger partial charge in [-0.3, -0.25) is 9.69 Å². The molecule has 1 aromatic rings. The van der Waals surface area contributed by atoms with Gasteiger partial charge < -0.3 is 5.32 Å². The SMILES string of the molecule is CC1=C(NC=O)N(S(C)(=O)=O)C(N(CCC2CCCCC2)Cc2ccccc2)S1. The summed E-state index contributed by atoms with van der Waals surface area (Å²) in [5.41, 5.74) is 0.760. The summed E-state index contributed by atoms with van der Waals surface area (Å²) in [6.07, 6.45) is 9.27. The van der Waals surface area contributed by atoms with E-state index in [1.807, 2.05) is 25.1 Å². The topological polar surface area (TPSA) is 69.7 Å². The molecule has 160 valence electrons. The summed E-state index contributed by atoms with van der Waals surface area (Å²) < 4.78 is 26.6. The third kappa shape index (κ3) is 5.77. The van der Waals surface area contributed by atoms with Gasteiger partial charge in [0, 0.05) is 18.0 Å². The van der Waals surface area contributed by atoms with E-state index in [1.165, 1.54) is 54.4 Å². The average molecular weight is 438 g/mol. The molecular weight excluding hydrogens is 406 g/mol. The molecule has 1 amide bonds. The number of nitrogens with zero attached hydrogens (tertiary/aromatic N) is 2. The van der Waals surface area contributed by atoms with Gasteiger partial charge in [-0.2, -0.15) is 0 Å². The molecule has 1 fully saturated rings. The number of nitrogens with one attached hydrogen (secondary N) is 1. The molecular formula is C21H31N3O3S2. The highest BCUT2D eigenvalue weighted by molar-refractivity contribution is 8.04. The van der Waals surface area contributed by atoms with Crippen molar-refractivity contribution in [2.24, 2.45) is 5.92 Å². The molecule has 2 aliphatic rings. The van der Waals surface area contributed by atoms with Crippen LogP contribution in [0.4, 0.5) is 0 Å². The van der Waals surface area contributed by atoms with E-state index < -0.39 is 15.5 Å². The smallest absolute Gasteiger partial charge is 0.235 e. The first-order valence-corrected chi connectivity index (χ1v) is 13.0. The Labute approximate surface area is 178 Å². The number of allylic oxidation sites excluding steroid dienone is 1. The van der Waals surface area contributed by atoms with Crippen molar-refractivity contribution in [2.45, 2.75) is 57.5 Å². The van der Waals surface area contributed by atoms with Crippen molar-refractivity contribution in [2.75, 3.05) is 12.8 Å². The first-order valence-electron chi connectivity index (χ1n) is 10.2. The fourth-order valence-corrected chi connectivity index (χ4v) is 6.96. The molecule has 1 aliphatic carbocycles. The maximum Gasteiger partial charge on any atom is 0.235 e. The minimum atomic E-state index is -3.54. The second-order valence-corrected chi connectivity index (χ2v) is 11.0. The fourth-order valence-electron chi connectivity index (χ4n) is 4.21. The van der Waals surface area contributed by atoms with Gasteiger partial charge in [0.25, 0.3) is 0 Å². The summed E-state index contributed by atoms with van der Waals surface area (Å²) in [6.45, 7) is 3.35. The summed E-state index contributed by atoms with van der Waals surface area (Å²) in [6, 6.07) is 10.1. The summed E-state index contributed by atoms with van der Waals surface area (Å²) in [7, 11) is -3.54. The zero-order valence-corrected chi connectivity index (χ0v) is 18.8. The van der Waals surface area contributed by atoms with Crippen LogP contribution in [0.2, 0.25) is 0 Å². The van der Waals surface area contributed by atoms with Gasteiger partial charge in [-0.05, 0) is 24.8 Å². The second-order valence-electron chi connectivity index (χ2n) is 7.92. The molecule has 6 nitrogen and oxygen atoms in total. The maximum atomic E-state index is 12.6. The number of carbonyl (C=O) groups excluding carboxylic acids is 1. The number of amides is 1. The fraction of sp³-hybridized carbons (Fsp3) is 0.571. The highest BCUT2D eigenvalue weighted by Crippen LogP contribution is 2.41. The summed E-state index contributed by atoms with van der Waals surface area (Å²) >= 11 is 1.49. The predicted octanol–water partition coefficient (Wildman–Crippen LogP) is 3.69. The average Bonchev–Trinajstić information content (AvgIpc) is 3.03. The lowest BCUT2D eigenvalue weighted by atomic mass is 9.87. The Bertz CT molecular complexity index is 821. The zero-order valence-electron chi connectivity index (χ0n) is 17.2. The molecule has 29 heavy (non-hydrogen) atoms. The molecule has 0 spiro atoms. The summed E-state index contributed by atoms with van der Waals surface area (Å²) in [4.78, 5) is 14.1. The normalized spacial score (nSPS) is 21.1. The minimum absolute atomic E-state index is 0.369. The Balaban J connectivity index is 1.83. The molecule has 1 atom stereocenters. The van der Waals surface area contributed by atoms with Crippen LogP contribution in [0.5, 0.6) is 0 Å². The highest BCUT2D eigenvalue weighted by Gasteiger charge is 2.40. The Kier molecular flexibility index (Phi) is 7.65. The summed E-state index contributed by atoms with van der Waals surface area (Å²) in [5.74, 6) is 1.08. The minimum Gasteiger partial charge on any atom is -0.313 e. The lowest BCUT2D eigenvalue weighted by molar-refractivity contribution is -0.109. The monoisotopic (exact) mass is 437 g/mol. The number of benzene rings is 1. The number of hydrogen-bond donors (Lipinski definition) is 1. The van der Waals surface area contributed by atoms with Gasteiger partial charge in [0.2, 0.25) is 16.4 Å². The lowest BCUT2D eigenvalue weighted by Gasteiger charge is -2.36. The number of rotatable bonds is 9. The van der Waals surface area contributed by atoms with E-state index in [1.54, 1.807) is 0 Å². The maximum absolute atomic E-state index is 12.6. The van der Waals surface area contributed by atoms with Crippen molar-refractivity contribution in [1.29, 1.82) is 0 Å². The van der Waals surface area contributed by atoms with E-state index in [4.69, 9.17) is 0 Å². The summed E-state index contributed by atoms with van der Waals surface area (Å²) in [5, 5.41) is 2.60. The van der Waals surface area contributed by atoms with Crippen molar-refractivity contribution in [3.05, 3.63) is 46.6 Å². The standard InChI is InChI=1S/C21H31N3O3S2/c1-17-20(22-16-25)24(29(2,26)27)21(28-17)23(15-19-11-7-4-8-12-19)14-13-18-9-5-3-6-10-18/h4,7-8,11-12,16,18,21H,3,5-6,9-10,13-15H2,1-2H3,(H,22,25).